The Kier molecular flexibility index (Phi) is 4.10. The maximum Gasteiger partial charge on any atom is 0.330 e. The van der Waals surface area contributed by atoms with Crippen LogP contribution >= 0.6 is 0 Å². The van der Waals surface area contributed by atoms with E-state index in [0.29, 0.717) is 5.92 Å². The van der Waals surface area contributed by atoms with Crippen molar-refractivity contribution in [3.63, 3.8) is 0 Å². The molecule has 1 saturated carbocycles. The molecule has 0 saturated heterocycles. The second-order valence-corrected chi connectivity index (χ2v) is 5.17. The minimum absolute atomic E-state index is 0.265. The molecule has 1 aromatic rings. The van der Waals surface area contributed by atoms with Gasteiger partial charge in [-0.3, -0.25) is 5.32 Å². The maximum absolute atomic E-state index is 12.1. The molecule has 0 radical (unpaired) electrons. The summed E-state index contributed by atoms with van der Waals surface area (Å²) in [6.45, 7) is 2.71. The van der Waals surface area contributed by atoms with Crippen molar-refractivity contribution >= 4 is 5.97 Å². The van der Waals surface area contributed by atoms with Crippen molar-refractivity contribution in [2.45, 2.75) is 25.3 Å². The number of carbonyl (C=O) groups is 1. The fourth-order valence-electron chi connectivity index (χ4n) is 2.09. The number of methoxy groups -OCH3 is 2. The summed E-state index contributed by atoms with van der Waals surface area (Å²) in [6.07, 6.45) is 2.49. The van der Waals surface area contributed by atoms with Crippen LogP contribution in [-0.2, 0) is 15.1 Å². The zero-order valence-electron chi connectivity index (χ0n) is 11.7. The number of rotatable bonds is 6. The van der Waals surface area contributed by atoms with Gasteiger partial charge in [0.2, 0.25) is 0 Å². The van der Waals surface area contributed by atoms with E-state index in [-0.39, 0.29) is 5.97 Å². The maximum atomic E-state index is 12.1. The quantitative estimate of drug-likeness (QED) is 0.798. The third-order valence-corrected chi connectivity index (χ3v) is 3.70. The largest absolute Gasteiger partial charge is 0.497 e. The molecule has 0 amide bonds. The molecule has 1 fully saturated rings. The van der Waals surface area contributed by atoms with Gasteiger partial charge in [-0.2, -0.15) is 0 Å². The van der Waals surface area contributed by atoms with Crippen LogP contribution in [0.1, 0.15) is 25.3 Å². The van der Waals surface area contributed by atoms with Crippen LogP contribution in [0, 0.1) is 5.92 Å². The SMILES string of the molecule is COC(=O)C(C)(NCC1CC1)c1ccc(OC)cc1. The van der Waals surface area contributed by atoms with Gasteiger partial charge >= 0.3 is 5.97 Å². The predicted octanol–water partition coefficient (Wildman–Crippen LogP) is 2.08. The second-order valence-electron chi connectivity index (χ2n) is 5.17. The highest BCUT2D eigenvalue weighted by Crippen LogP contribution is 2.31. The second kappa shape index (κ2) is 5.61. The van der Waals surface area contributed by atoms with Gasteiger partial charge < -0.3 is 9.47 Å². The normalized spacial score (nSPS) is 17.6. The topological polar surface area (TPSA) is 47.6 Å². The van der Waals surface area contributed by atoms with Gasteiger partial charge in [0.15, 0.2) is 0 Å². The van der Waals surface area contributed by atoms with Gasteiger partial charge in [-0.15, -0.1) is 0 Å². The highest BCUT2D eigenvalue weighted by Gasteiger charge is 2.37. The fraction of sp³-hybridized carbons (Fsp3) is 0.533. The zero-order chi connectivity index (χ0) is 13.9. The highest BCUT2D eigenvalue weighted by molar-refractivity contribution is 5.82. The Morgan fingerprint density at radius 3 is 2.42 bits per heavy atom. The number of hydrogen-bond acceptors (Lipinski definition) is 4. The van der Waals surface area contributed by atoms with Gasteiger partial charge in [0, 0.05) is 0 Å². The van der Waals surface area contributed by atoms with Crippen LogP contribution in [0.2, 0.25) is 0 Å². The van der Waals surface area contributed by atoms with Crippen molar-refractivity contribution in [1.29, 1.82) is 0 Å². The number of benzene rings is 1. The van der Waals surface area contributed by atoms with Gasteiger partial charge in [-0.25, -0.2) is 4.79 Å². The standard InChI is InChI=1S/C15H21NO3/c1-15(14(17)19-3,16-10-11-4-5-11)12-6-8-13(18-2)9-7-12/h6-9,11,16H,4-5,10H2,1-3H3. The third-order valence-electron chi connectivity index (χ3n) is 3.70. The first-order valence-corrected chi connectivity index (χ1v) is 6.58. The van der Waals surface area contributed by atoms with E-state index >= 15 is 0 Å². The molecule has 0 bridgehead atoms. The minimum Gasteiger partial charge on any atom is -0.497 e. The van der Waals surface area contributed by atoms with Crippen molar-refractivity contribution in [2.75, 3.05) is 20.8 Å². The Bertz CT molecular complexity index is 439. The smallest absolute Gasteiger partial charge is 0.330 e. The Labute approximate surface area is 114 Å². The summed E-state index contributed by atoms with van der Waals surface area (Å²) in [5.41, 5.74) is 0.0877. The average molecular weight is 263 g/mol. The first-order chi connectivity index (χ1) is 9.10. The van der Waals surface area contributed by atoms with E-state index in [9.17, 15) is 4.79 Å². The van der Waals surface area contributed by atoms with E-state index in [2.05, 4.69) is 5.32 Å². The lowest BCUT2D eigenvalue weighted by molar-refractivity contribution is -0.148. The van der Waals surface area contributed by atoms with Crippen LogP contribution in [-0.4, -0.2) is 26.7 Å². The molecular weight excluding hydrogens is 242 g/mol. The molecule has 0 spiro atoms. The van der Waals surface area contributed by atoms with Crippen molar-refractivity contribution in [3.8, 4) is 5.75 Å². The molecule has 4 nitrogen and oxygen atoms in total. The molecule has 1 aliphatic rings. The molecule has 1 unspecified atom stereocenters. The first-order valence-electron chi connectivity index (χ1n) is 6.58. The summed E-state index contributed by atoms with van der Waals surface area (Å²) in [6, 6.07) is 7.51. The number of esters is 1. The average Bonchev–Trinajstić information content (AvgIpc) is 3.28. The summed E-state index contributed by atoms with van der Waals surface area (Å²) in [5.74, 6) is 1.21. The Balaban J connectivity index is 2.20. The molecular formula is C15H21NO3. The van der Waals surface area contributed by atoms with Crippen molar-refractivity contribution in [1.82, 2.24) is 5.32 Å². The van der Waals surface area contributed by atoms with Gasteiger partial charge in [0.25, 0.3) is 0 Å². The lowest BCUT2D eigenvalue weighted by atomic mass is 9.91. The van der Waals surface area contributed by atoms with E-state index < -0.39 is 5.54 Å². The summed E-state index contributed by atoms with van der Waals surface area (Å²) in [5, 5.41) is 3.35. The van der Waals surface area contributed by atoms with E-state index in [1.807, 2.05) is 31.2 Å². The summed E-state index contributed by atoms with van der Waals surface area (Å²) in [7, 11) is 3.04. The summed E-state index contributed by atoms with van der Waals surface area (Å²) in [4.78, 5) is 12.1. The minimum atomic E-state index is -0.802. The number of carbonyl (C=O) groups excluding carboxylic acids is 1. The van der Waals surface area contributed by atoms with Gasteiger partial charge in [-0.1, -0.05) is 12.1 Å². The number of hydrogen-bond donors (Lipinski definition) is 1. The number of nitrogens with one attached hydrogen (secondary N) is 1. The van der Waals surface area contributed by atoms with E-state index in [1.54, 1.807) is 7.11 Å². The molecule has 1 aromatic carbocycles. The van der Waals surface area contributed by atoms with Crippen molar-refractivity contribution < 1.29 is 14.3 Å². The fourth-order valence-corrected chi connectivity index (χ4v) is 2.09. The van der Waals surface area contributed by atoms with Crippen molar-refractivity contribution in [3.05, 3.63) is 29.8 Å². The van der Waals surface area contributed by atoms with Crippen LogP contribution in [0.3, 0.4) is 0 Å². The molecule has 104 valence electrons. The van der Waals surface area contributed by atoms with Gasteiger partial charge in [0.1, 0.15) is 11.3 Å². The van der Waals surface area contributed by atoms with Gasteiger partial charge in [-0.05, 0) is 49.9 Å². The molecule has 2 rings (SSSR count). The molecule has 4 heteroatoms. The third kappa shape index (κ3) is 3.07. The van der Waals surface area contributed by atoms with Crippen LogP contribution in [0.4, 0.5) is 0 Å². The summed E-state index contributed by atoms with van der Waals surface area (Å²) < 4.78 is 10.1. The molecule has 1 atom stereocenters. The molecule has 1 N–H and O–H groups in total. The Morgan fingerprint density at radius 2 is 1.95 bits per heavy atom. The first kappa shape index (κ1) is 13.9. The molecule has 0 aromatic heterocycles. The predicted molar refractivity (Wildman–Crippen MR) is 73.1 cm³/mol. The Hall–Kier alpha value is -1.55. The van der Waals surface area contributed by atoms with E-state index in [0.717, 1.165) is 17.9 Å². The number of ether oxygens (including phenoxy) is 2. The molecule has 0 aliphatic heterocycles. The van der Waals surface area contributed by atoms with Crippen LogP contribution in [0.5, 0.6) is 5.75 Å². The van der Waals surface area contributed by atoms with Crippen LogP contribution in [0.25, 0.3) is 0 Å². The van der Waals surface area contributed by atoms with Crippen molar-refractivity contribution in [2.24, 2.45) is 5.92 Å². The highest BCUT2D eigenvalue weighted by atomic mass is 16.5. The lowest BCUT2D eigenvalue weighted by Crippen LogP contribution is -2.48. The Morgan fingerprint density at radius 1 is 1.32 bits per heavy atom. The lowest BCUT2D eigenvalue weighted by Gasteiger charge is -2.28. The molecule has 1 aliphatic carbocycles. The van der Waals surface area contributed by atoms with Crippen LogP contribution in [0.15, 0.2) is 24.3 Å². The van der Waals surface area contributed by atoms with E-state index in [1.165, 1.54) is 20.0 Å². The molecule has 0 heterocycles. The van der Waals surface area contributed by atoms with Crippen LogP contribution < -0.4 is 10.1 Å². The summed E-state index contributed by atoms with van der Waals surface area (Å²) >= 11 is 0. The van der Waals surface area contributed by atoms with E-state index in [4.69, 9.17) is 9.47 Å². The monoisotopic (exact) mass is 263 g/mol. The zero-order valence-corrected chi connectivity index (χ0v) is 11.7. The molecule has 19 heavy (non-hydrogen) atoms. The van der Waals surface area contributed by atoms with Gasteiger partial charge in [0.05, 0.1) is 14.2 Å².